The molecule has 0 spiro atoms. The number of benzene rings is 2. The number of hydrogen-bond donors (Lipinski definition) is 0. The number of anilines is 1. The molecule has 0 radical (unpaired) electrons. The van der Waals surface area contributed by atoms with Crippen LogP contribution in [0.25, 0.3) is 11.3 Å². The Morgan fingerprint density at radius 3 is 2.36 bits per heavy atom. The molecule has 9 heteroatoms. The summed E-state index contributed by atoms with van der Waals surface area (Å²) in [7, 11) is 1.60. The molecule has 2 heterocycles. The van der Waals surface area contributed by atoms with E-state index in [4.69, 9.17) is 27.9 Å². The zero-order valence-corrected chi connectivity index (χ0v) is 19.9. The first-order chi connectivity index (χ1) is 15.9. The van der Waals surface area contributed by atoms with Crippen molar-refractivity contribution in [3.8, 4) is 17.0 Å². The minimum absolute atomic E-state index is 0.145. The maximum Gasteiger partial charge on any atom is 0.267 e. The molecule has 1 saturated heterocycles. The molecule has 1 aromatic heterocycles. The van der Waals surface area contributed by atoms with Gasteiger partial charge in [-0.25, -0.2) is 4.68 Å². The highest BCUT2D eigenvalue weighted by molar-refractivity contribution is 6.43. The lowest BCUT2D eigenvalue weighted by Crippen LogP contribution is -2.51. The quantitative estimate of drug-likeness (QED) is 0.542. The van der Waals surface area contributed by atoms with Crippen LogP contribution in [0, 0.1) is 0 Å². The highest BCUT2D eigenvalue weighted by Gasteiger charge is 2.28. The highest BCUT2D eigenvalue weighted by atomic mass is 35.5. The van der Waals surface area contributed by atoms with Gasteiger partial charge in [0.1, 0.15) is 11.8 Å². The molecule has 1 fully saturated rings. The van der Waals surface area contributed by atoms with E-state index in [1.165, 1.54) is 10.7 Å². The van der Waals surface area contributed by atoms with E-state index in [0.29, 0.717) is 41.9 Å². The van der Waals surface area contributed by atoms with Crippen LogP contribution in [-0.4, -0.2) is 53.9 Å². The summed E-state index contributed by atoms with van der Waals surface area (Å²) < 4.78 is 6.44. The average molecular weight is 487 g/mol. The van der Waals surface area contributed by atoms with E-state index < -0.39 is 6.04 Å². The molecule has 172 valence electrons. The molecule has 0 saturated carbocycles. The predicted octanol–water partition coefficient (Wildman–Crippen LogP) is 4.14. The van der Waals surface area contributed by atoms with Crippen LogP contribution in [0.4, 0.5) is 5.69 Å². The summed E-state index contributed by atoms with van der Waals surface area (Å²) >= 11 is 12.5. The van der Waals surface area contributed by atoms with Crippen LogP contribution in [0.5, 0.6) is 5.75 Å². The zero-order valence-electron chi connectivity index (χ0n) is 18.4. The second-order valence-electron chi connectivity index (χ2n) is 7.79. The van der Waals surface area contributed by atoms with E-state index in [1.807, 2.05) is 36.4 Å². The number of ether oxygens (including phenoxy) is 1. The van der Waals surface area contributed by atoms with E-state index >= 15 is 0 Å². The fourth-order valence-corrected chi connectivity index (χ4v) is 4.31. The van der Waals surface area contributed by atoms with Crippen LogP contribution in [-0.2, 0) is 4.79 Å². The topological polar surface area (TPSA) is 67.7 Å². The largest absolute Gasteiger partial charge is 0.497 e. The van der Waals surface area contributed by atoms with E-state index in [2.05, 4.69) is 10.00 Å². The maximum atomic E-state index is 13.2. The van der Waals surface area contributed by atoms with Crippen LogP contribution in [0.15, 0.2) is 59.4 Å². The molecule has 0 N–H and O–H groups in total. The van der Waals surface area contributed by atoms with Crippen molar-refractivity contribution in [2.24, 2.45) is 0 Å². The molecule has 7 nitrogen and oxygen atoms in total. The number of amides is 1. The summed E-state index contributed by atoms with van der Waals surface area (Å²) in [5, 5.41) is 5.49. The Bertz CT molecular complexity index is 1210. The van der Waals surface area contributed by atoms with Gasteiger partial charge in [-0.1, -0.05) is 29.3 Å². The van der Waals surface area contributed by atoms with Crippen LogP contribution >= 0.6 is 23.2 Å². The first-order valence-corrected chi connectivity index (χ1v) is 11.4. The molecule has 1 atom stereocenters. The van der Waals surface area contributed by atoms with Gasteiger partial charge in [0.2, 0.25) is 5.91 Å². The van der Waals surface area contributed by atoms with Crippen molar-refractivity contribution >= 4 is 34.8 Å². The maximum absolute atomic E-state index is 13.2. The standard InChI is InChI=1S/C24H24Cl2N4O3/c1-16(30-22(31)11-10-20(27-30)17-6-8-18(33-2)9-7-17)24(32)29-14-12-28(13-15-29)21-5-3-4-19(25)23(21)26/h3-11,16H,12-15H2,1-2H3. The number of carbonyl (C=O) groups is 1. The third-order valence-electron chi connectivity index (χ3n) is 5.80. The first kappa shape index (κ1) is 23.1. The van der Waals surface area contributed by atoms with Gasteiger partial charge in [-0.15, -0.1) is 0 Å². The second kappa shape index (κ2) is 9.85. The van der Waals surface area contributed by atoms with Crippen molar-refractivity contribution in [2.45, 2.75) is 13.0 Å². The van der Waals surface area contributed by atoms with Gasteiger partial charge >= 0.3 is 0 Å². The summed E-state index contributed by atoms with van der Waals surface area (Å²) in [4.78, 5) is 29.6. The first-order valence-electron chi connectivity index (χ1n) is 10.6. The van der Waals surface area contributed by atoms with Gasteiger partial charge in [0.05, 0.1) is 28.5 Å². The number of carbonyl (C=O) groups excluding carboxylic acids is 1. The van der Waals surface area contributed by atoms with Crippen LogP contribution in [0.2, 0.25) is 10.0 Å². The molecular formula is C24H24Cl2N4O3. The van der Waals surface area contributed by atoms with Gasteiger partial charge in [0.15, 0.2) is 0 Å². The fourth-order valence-electron chi connectivity index (χ4n) is 3.89. The van der Waals surface area contributed by atoms with Gasteiger partial charge in [-0.05, 0) is 49.4 Å². The number of halogens is 2. The number of methoxy groups -OCH3 is 1. The molecule has 4 rings (SSSR count). The number of nitrogens with zero attached hydrogens (tertiary/aromatic N) is 4. The smallest absolute Gasteiger partial charge is 0.267 e. The summed E-state index contributed by atoms with van der Waals surface area (Å²) in [6.07, 6.45) is 0. The normalized spacial score (nSPS) is 14.8. The molecular weight excluding hydrogens is 463 g/mol. The van der Waals surface area contributed by atoms with Gasteiger partial charge in [0.25, 0.3) is 5.56 Å². The van der Waals surface area contributed by atoms with Crippen LogP contribution < -0.4 is 15.2 Å². The minimum atomic E-state index is -0.725. The van der Waals surface area contributed by atoms with Crippen molar-refractivity contribution in [3.05, 3.63) is 75.0 Å². The number of aromatic nitrogens is 2. The number of piperazine rings is 1. The molecule has 3 aromatic rings. The zero-order chi connectivity index (χ0) is 23.5. The SMILES string of the molecule is COc1ccc(-c2ccc(=O)n(C(C)C(=O)N3CCN(c4cccc(Cl)c4Cl)CC3)n2)cc1. The number of hydrogen-bond acceptors (Lipinski definition) is 5. The Morgan fingerprint density at radius 2 is 1.70 bits per heavy atom. The Kier molecular flexibility index (Phi) is 6.91. The molecule has 33 heavy (non-hydrogen) atoms. The van der Waals surface area contributed by atoms with Crippen LogP contribution in [0.1, 0.15) is 13.0 Å². The Balaban J connectivity index is 1.48. The van der Waals surface area contributed by atoms with E-state index in [0.717, 1.165) is 17.0 Å². The van der Waals surface area contributed by atoms with Crippen molar-refractivity contribution in [1.82, 2.24) is 14.7 Å². The molecule has 0 bridgehead atoms. The van der Waals surface area contributed by atoms with Crippen molar-refractivity contribution in [2.75, 3.05) is 38.2 Å². The summed E-state index contributed by atoms with van der Waals surface area (Å²) in [6, 6.07) is 15.3. The molecule has 2 aromatic carbocycles. The third-order valence-corrected chi connectivity index (χ3v) is 6.61. The Labute approximate surface area is 202 Å². The van der Waals surface area contributed by atoms with Crippen LogP contribution in [0.3, 0.4) is 0 Å². The second-order valence-corrected chi connectivity index (χ2v) is 8.58. The lowest BCUT2D eigenvalue weighted by Gasteiger charge is -2.37. The monoisotopic (exact) mass is 486 g/mol. The summed E-state index contributed by atoms with van der Waals surface area (Å²) in [6.45, 7) is 3.96. The Hall–Kier alpha value is -3.03. The molecule has 0 aliphatic carbocycles. The molecule has 1 aliphatic rings. The molecule has 1 amide bonds. The van der Waals surface area contributed by atoms with Gasteiger partial charge in [-0.2, -0.15) is 5.10 Å². The minimum Gasteiger partial charge on any atom is -0.497 e. The highest BCUT2D eigenvalue weighted by Crippen LogP contribution is 2.33. The van der Waals surface area contributed by atoms with E-state index in [-0.39, 0.29) is 11.5 Å². The van der Waals surface area contributed by atoms with Crippen molar-refractivity contribution in [1.29, 1.82) is 0 Å². The predicted molar refractivity (Wildman–Crippen MR) is 130 cm³/mol. The fraction of sp³-hybridized carbons (Fsp3) is 0.292. The third kappa shape index (κ3) is 4.84. The van der Waals surface area contributed by atoms with E-state index in [9.17, 15) is 9.59 Å². The average Bonchev–Trinajstić information content (AvgIpc) is 2.85. The van der Waals surface area contributed by atoms with Gasteiger partial charge in [0, 0.05) is 37.8 Å². The Morgan fingerprint density at radius 1 is 1.00 bits per heavy atom. The molecule has 1 aliphatic heterocycles. The lowest BCUT2D eigenvalue weighted by molar-refractivity contribution is -0.135. The lowest BCUT2D eigenvalue weighted by atomic mass is 10.1. The van der Waals surface area contributed by atoms with Gasteiger partial charge in [-0.3, -0.25) is 9.59 Å². The van der Waals surface area contributed by atoms with Gasteiger partial charge < -0.3 is 14.5 Å². The number of rotatable bonds is 5. The molecule has 1 unspecified atom stereocenters. The van der Waals surface area contributed by atoms with Crippen molar-refractivity contribution < 1.29 is 9.53 Å². The van der Waals surface area contributed by atoms with E-state index in [1.54, 1.807) is 31.1 Å². The van der Waals surface area contributed by atoms with Crippen molar-refractivity contribution in [3.63, 3.8) is 0 Å². The summed E-state index contributed by atoms with van der Waals surface area (Å²) in [5.41, 5.74) is 1.97. The summed E-state index contributed by atoms with van der Waals surface area (Å²) in [5.74, 6) is 0.585.